The molecule has 4 heterocycles. The van der Waals surface area contributed by atoms with Crippen LogP contribution in [0, 0.1) is 11.7 Å². The molecule has 2 aromatic heterocycles. The number of methoxy groups -OCH3 is 1. The number of ether oxygens (including phenoxy) is 2. The molecule has 6 rings (SSSR count). The van der Waals surface area contributed by atoms with Crippen LogP contribution in [-0.4, -0.2) is 71.5 Å². The Hall–Kier alpha value is -4.25. The van der Waals surface area contributed by atoms with E-state index in [-0.39, 0.29) is 36.1 Å². The molecule has 37 heavy (non-hydrogen) atoms. The third kappa shape index (κ3) is 4.31. The molecule has 2 amide bonds. The first-order chi connectivity index (χ1) is 18.0. The molecule has 2 fully saturated rings. The normalized spacial score (nSPS) is 18.9. The second-order valence-electron chi connectivity index (χ2n) is 9.24. The van der Waals surface area contributed by atoms with Crippen molar-refractivity contribution in [2.24, 2.45) is 5.92 Å². The maximum Gasteiger partial charge on any atom is 0.253 e. The standard InChI is InChI=1S/C26H24FN5O5/c1-35-6-7-36-22-11-20-17(9-18(22)27)25(30-29-20)23-10-19(31-37-23)14-2-4-15(5-3-14)26(34)32-12-16-8-24(33)28-21(16)13-32/h2-5,9-11,16,21H,6-8,12-13H2,1H3,(H,28,33)(H,29,30). The van der Waals surface area contributed by atoms with Crippen molar-refractivity contribution in [3.63, 3.8) is 0 Å². The molecule has 2 aliphatic heterocycles. The van der Waals surface area contributed by atoms with Crippen LogP contribution >= 0.6 is 0 Å². The summed E-state index contributed by atoms with van der Waals surface area (Å²) in [6.45, 7) is 1.69. The molecular formula is C26H24FN5O5. The van der Waals surface area contributed by atoms with Gasteiger partial charge in [0, 0.05) is 61.2 Å². The van der Waals surface area contributed by atoms with Crippen molar-refractivity contribution >= 4 is 22.7 Å². The lowest BCUT2D eigenvalue weighted by atomic mass is 10.1. The first kappa shape index (κ1) is 23.2. The van der Waals surface area contributed by atoms with E-state index in [1.165, 1.54) is 6.07 Å². The van der Waals surface area contributed by atoms with E-state index in [9.17, 15) is 14.0 Å². The van der Waals surface area contributed by atoms with Crippen LogP contribution in [0.25, 0.3) is 33.6 Å². The molecule has 2 aromatic carbocycles. The molecule has 2 atom stereocenters. The number of nitrogens with zero attached hydrogens (tertiary/aromatic N) is 3. The van der Waals surface area contributed by atoms with Gasteiger partial charge in [-0.15, -0.1) is 0 Å². The van der Waals surface area contributed by atoms with Crippen LogP contribution in [0.3, 0.4) is 0 Å². The molecule has 10 nitrogen and oxygen atoms in total. The van der Waals surface area contributed by atoms with Crippen LogP contribution < -0.4 is 10.1 Å². The lowest BCUT2D eigenvalue weighted by Crippen LogP contribution is -2.35. The highest BCUT2D eigenvalue weighted by Crippen LogP contribution is 2.33. The number of H-pyrrole nitrogens is 1. The Morgan fingerprint density at radius 1 is 1.19 bits per heavy atom. The van der Waals surface area contributed by atoms with E-state index in [0.29, 0.717) is 59.7 Å². The summed E-state index contributed by atoms with van der Waals surface area (Å²) in [6, 6.07) is 11.8. The Bertz CT molecular complexity index is 1460. The van der Waals surface area contributed by atoms with Crippen molar-refractivity contribution in [1.82, 2.24) is 25.6 Å². The van der Waals surface area contributed by atoms with Crippen LogP contribution in [0.2, 0.25) is 0 Å². The molecule has 2 unspecified atom stereocenters. The Kier molecular flexibility index (Phi) is 5.84. The number of halogens is 1. The average Bonchev–Trinajstić information content (AvgIpc) is 3.67. The molecule has 0 saturated carbocycles. The molecular weight excluding hydrogens is 481 g/mol. The van der Waals surface area contributed by atoms with Crippen LogP contribution in [0.1, 0.15) is 16.8 Å². The number of carbonyl (C=O) groups is 2. The maximum absolute atomic E-state index is 14.6. The largest absolute Gasteiger partial charge is 0.488 e. The fraction of sp³-hybridized carbons (Fsp3) is 0.308. The second kappa shape index (κ2) is 9.32. The minimum Gasteiger partial charge on any atom is -0.488 e. The third-order valence-electron chi connectivity index (χ3n) is 6.85. The molecule has 0 spiro atoms. The van der Waals surface area contributed by atoms with E-state index in [1.54, 1.807) is 48.4 Å². The molecule has 0 bridgehead atoms. The van der Waals surface area contributed by atoms with Crippen molar-refractivity contribution in [2.75, 3.05) is 33.4 Å². The summed E-state index contributed by atoms with van der Waals surface area (Å²) in [4.78, 5) is 26.3. The summed E-state index contributed by atoms with van der Waals surface area (Å²) in [5, 5.41) is 14.8. The van der Waals surface area contributed by atoms with Gasteiger partial charge in [-0.25, -0.2) is 4.39 Å². The number of likely N-dealkylation sites (tertiary alicyclic amines) is 1. The van der Waals surface area contributed by atoms with Gasteiger partial charge in [-0.1, -0.05) is 17.3 Å². The Balaban J connectivity index is 1.18. The monoisotopic (exact) mass is 505 g/mol. The molecule has 190 valence electrons. The number of hydrogen-bond donors (Lipinski definition) is 2. The number of amides is 2. The molecule has 0 radical (unpaired) electrons. The zero-order valence-electron chi connectivity index (χ0n) is 20.0. The van der Waals surface area contributed by atoms with E-state index in [0.717, 1.165) is 5.56 Å². The minimum absolute atomic E-state index is 0.0469. The molecule has 0 aliphatic carbocycles. The smallest absolute Gasteiger partial charge is 0.253 e. The summed E-state index contributed by atoms with van der Waals surface area (Å²) >= 11 is 0. The summed E-state index contributed by atoms with van der Waals surface area (Å²) in [5.74, 6) is 0.143. The van der Waals surface area contributed by atoms with Crippen molar-refractivity contribution < 1.29 is 28.0 Å². The van der Waals surface area contributed by atoms with Crippen LogP contribution in [0.5, 0.6) is 5.75 Å². The van der Waals surface area contributed by atoms with E-state index in [4.69, 9.17) is 14.0 Å². The van der Waals surface area contributed by atoms with Crippen molar-refractivity contribution in [2.45, 2.75) is 12.5 Å². The van der Waals surface area contributed by atoms with Gasteiger partial charge in [0.1, 0.15) is 18.0 Å². The number of aromatic amines is 1. The Morgan fingerprint density at radius 3 is 2.81 bits per heavy atom. The highest BCUT2D eigenvalue weighted by atomic mass is 19.1. The van der Waals surface area contributed by atoms with Crippen LogP contribution in [0.4, 0.5) is 4.39 Å². The average molecular weight is 506 g/mol. The molecule has 11 heteroatoms. The van der Waals surface area contributed by atoms with Gasteiger partial charge in [0.05, 0.1) is 18.2 Å². The van der Waals surface area contributed by atoms with E-state index in [2.05, 4.69) is 20.7 Å². The van der Waals surface area contributed by atoms with Crippen molar-refractivity contribution in [3.05, 3.63) is 53.8 Å². The van der Waals surface area contributed by atoms with Gasteiger partial charge in [-0.3, -0.25) is 14.7 Å². The van der Waals surface area contributed by atoms with Crippen LogP contribution in [0.15, 0.2) is 47.0 Å². The fourth-order valence-electron chi connectivity index (χ4n) is 4.95. The van der Waals surface area contributed by atoms with E-state index in [1.807, 2.05) is 0 Å². The van der Waals surface area contributed by atoms with Crippen molar-refractivity contribution in [3.8, 4) is 28.5 Å². The molecule has 4 aromatic rings. The summed E-state index contributed by atoms with van der Waals surface area (Å²) in [6.07, 6.45) is 0.475. The molecule has 2 N–H and O–H groups in total. The number of hydrogen-bond acceptors (Lipinski definition) is 7. The fourth-order valence-corrected chi connectivity index (χ4v) is 4.95. The summed E-state index contributed by atoms with van der Waals surface area (Å²) < 4.78 is 30.5. The predicted molar refractivity (Wildman–Crippen MR) is 130 cm³/mol. The van der Waals surface area contributed by atoms with Gasteiger partial charge >= 0.3 is 0 Å². The third-order valence-corrected chi connectivity index (χ3v) is 6.85. The van der Waals surface area contributed by atoms with Gasteiger partial charge in [0.25, 0.3) is 5.91 Å². The molecule has 2 aliphatic rings. The number of aromatic nitrogens is 3. The second-order valence-corrected chi connectivity index (χ2v) is 9.24. The van der Waals surface area contributed by atoms with E-state index >= 15 is 0 Å². The van der Waals surface area contributed by atoms with Gasteiger partial charge in [0.15, 0.2) is 17.3 Å². The lowest BCUT2D eigenvalue weighted by molar-refractivity contribution is -0.119. The zero-order chi connectivity index (χ0) is 25.5. The maximum atomic E-state index is 14.6. The summed E-state index contributed by atoms with van der Waals surface area (Å²) in [7, 11) is 1.55. The number of carbonyl (C=O) groups excluding carboxylic acids is 2. The quantitative estimate of drug-likeness (QED) is 0.370. The van der Waals surface area contributed by atoms with Gasteiger partial charge in [-0.2, -0.15) is 5.10 Å². The summed E-state index contributed by atoms with van der Waals surface area (Å²) in [5.41, 5.74) is 2.90. The Morgan fingerprint density at radius 2 is 2.03 bits per heavy atom. The highest BCUT2D eigenvalue weighted by Gasteiger charge is 2.41. The number of rotatable bonds is 7. The lowest BCUT2D eigenvalue weighted by Gasteiger charge is -2.17. The topological polar surface area (TPSA) is 123 Å². The first-order valence-corrected chi connectivity index (χ1v) is 12.0. The van der Waals surface area contributed by atoms with Gasteiger partial charge in [0.2, 0.25) is 5.91 Å². The van der Waals surface area contributed by atoms with Crippen molar-refractivity contribution in [1.29, 1.82) is 0 Å². The first-order valence-electron chi connectivity index (χ1n) is 12.0. The molecule has 2 saturated heterocycles. The number of fused-ring (bicyclic) bond motifs is 2. The van der Waals surface area contributed by atoms with Crippen LogP contribution in [-0.2, 0) is 9.53 Å². The predicted octanol–water partition coefficient (Wildman–Crippen LogP) is 3.01. The zero-order valence-corrected chi connectivity index (χ0v) is 20.0. The highest BCUT2D eigenvalue weighted by molar-refractivity contribution is 5.95. The van der Waals surface area contributed by atoms with Gasteiger partial charge in [-0.05, 0) is 18.2 Å². The van der Waals surface area contributed by atoms with E-state index < -0.39 is 5.82 Å². The number of benzene rings is 2. The Labute approximate surface area is 210 Å². The minimum atomic E-state index is -0.518. The SMILES string of the molecule is COCCOc1cc2[nH]nc(-c3cc(-c4ccc(C(=O)N5CC6CC(=O)NC6C5)cc4)no3)c2cc1F. The number of nitrogens with one attached hydrogen (secondary N) is 2. The van der Waals surface area contributed by atoms with Gasteiger partial charge < -0.3 is 24.2 Å².